The second-order valence-corrected chi connectivity index (χ2v) is 8.34. The highest BCUT2D eigenvalue weighted by molar-refractivity contribution is 5.90. The van der Waals surface area contributed by atoms with Crippen molar-refractivity contribution in [3.05, 3.63) is 35.7 Å². The molecule has 2 aromatic heterocycles. The van der Waals surface area contributed by atoms with Gasteiger partial charge >= 0.3 is 5.97 Å². The number of carbonyl (C=O) groups is 2. The molecular weight excluding hydrogens is 400 g/mol. The van der Waals surface area contributed by atoms with Crippen LogP contribution >= 0.6 is 0 Å². The highest BCUT2D eigenvalue weighted by atomic mass is 16.5. The molecule has 5 heterocycles. The average Bonchev–Trinajstić information content (AvgIpc) is 3.51. The van der Waals surface area contributed by atoms with Crippen molar-refractivity contribution in [2.45, 2.75) is 32.6 Å². The van der Waals surface area contributed by atoms with Gasteiger partial charge in [0, 0.05) is 25.6 Å². The smallest absolute Gasteiger partial charge is 0.333 e. The van der Waals surface area contributed by atoms with Gasteiger partial charge in [-0.2, -0.15) is 4.68 Å². The van der Waals surface area contributed by atoms with E-state index in [0.29, 0.717) is 18.1 Å². The van der Waals surface area contributed by atoms with Crippen molar-refractivity contribution in [3.8, 4) is 5.82 Å². The molecule has 11 heteroatoms. The van der Waals surface area contributed by atoms with Crippen LogP contribution < -0.4 is 0 Å². The van der Waals surface area contributed by atoms with Crippen molar-refractivity contribution < 1.29 is 14.3 Å². The summed E-state index contributed by atoms with van der Waals surface area (Å²) in [5.74, 6) is 0.388. The highest BCUT2D eigenvalue weighted by Crippen LogP contribution is 2.43. The Bertz CT molecular complexity index is 1030. The van der Waals surface area contributed by atoms with E-state index in [0.717, 1.165) is 56.7 Å². The summed E-state index contributed by atoms with van der Waals surface area (Å²) in [4.78, 5) is 37.7. The number of ether oxygens (including phenoxy) is 1. The van der Waals surface area contributed by atoms with E-state index in [1.165, 1.54) is 17.1 Å². The van der Waals surface area contributed by atoms with E-state index in [2.05, 4.69) is 30.4 Å². The number of hydrogen-bond acceptors (Lipinski definition) is 9. The molecular formula is C20H24N8O3. The lowest BCUT2D eigenvalue weighted by molar-refractivity contribution is -0.138. The lowest BCUT2D eigenvalue weighted by atomic mass is 9.77. The number of amides is 1. The van der Waals surface area contributed by atoms with Gasteiger partial charge in [0.05, 0.1) is 28.7 Å². The van der Waals surface area contributed by atoms with Crippen molar-refractivity contribution in [3.63, 3.8) is 0 Å². The molecule has 2 fully saturated rings. The van der Waals surface area contributed by atoms with Gasteiger partial charge in [-0.3, -0.25) is 9.78 Å². The zero-order valence-electron chi connectivity index (χ0n) is 17.4. The Balaban J connectivity index is 1.16. The molecule has 5 rings (SSSR count). The zero-order valence-corrected chi connectivity index (χ0v) is 17.4. The molecule has 1 amide bonds. The van der Waals surface area contributed by atoms with Gasteiger partial charge < -0.3 is 14.5 Å². The Labute approximate surface area is 179 Å². The Morgan fingerprint density at radius 2 is 1.97 bits per heavy atom. The van der Waals surface area contributed by atoms with Crippen LogP contribution in [0.3, 0.4) is 0 Å². The average molecular weight is 424 g/mol. The van der Waals surface area contributed by atoms with Crippen molar-refractivity contribution >= 4 is 11.9 Å². The monoisotopic (exact) mass is 424 g/mol. The van der Waals surface area contributed by atoms with Gasteiger partial charge in [0.25, 0.3) is 0 Å². The van der Waals surface area contributed by atoms with Crippen LogP contribution in [-0.2, 0) is 20.7 Å². The van der Waals surface area contributed by atoms with Crippen LogP contribution in [0, 0.1) is 12.3 Å². The molecule has 31 heavy (non-hydrogen) atoms. The summed E-state index contributed by atoms with van der Waals surface area (Å²) in [5.41, 5.74) is 2.22. The molecule has 0 N–H and O–H groups in total. The van der Waals surface area contributed by atoms with Crippen LogP contribution in [0.25, 0.3) is 5.82 Å². The molecule has 11 nitrogen and oxygen atoms in total. The molecule has 0 aromatic carbocycles. The maximum Gasteiger partial charge on any atom is 0.333 e. The molecule has 3 aliphatic rings. The maximum atomic E-state index is 13.1. The molecule has 162 valence electrons. The van der Waals surface area contributed by atoms with Crippen LogP contribution in [0.2, 0.25) is 0 Å². The lowest BCUT2D eigenvalue weighted by Gasteiger charge is -2.38. The minimum Gasteiger partial charge on any atom is -0.456 e. The van der Waals surface area contributed by atoms with Crippen molar-refractivity contribution in [1.29, 1.82) is 0 Å². The van der Waals surface area contributed by atoms with Crippen molar-refractivity contribution in [2.24, 2.45) is 5.41 Å². The molecule has 0 radical (unpaired) electrons. The second-order valence-electron chi connectivity index (χ2n) is 8.34. The van der Waals surface area contributed by atoms with Gasteiger partial charge in [0.2, 0.25) is 5.91 Å². The number of esters is 1. The fraction of sp³-hybridized carbons (Fsp3) is 0.550. The molecule has 0 atom stereocenters. The second kappa shape index (κ2) is 7.80. The number of rotatable bonds is 5. The van der Waals surface area contributed by atoms with E-state index in [1.54, 1.807) is 11.1 Å². The molecule has 2 aromatic rings. The first kappa shape index (κ1) is 19.7. The first-order valence-electron chi connectivity index (χ1n) is 10.5. The summed E-state index contributed by atoms with van der Waals surface area (Å²) < 4.78 is 6.46. The Kier molecular flexibility index (Phi) is 4.97. The number of tetrazole rings is 1. The number of nitrogens with zero attached hydrogens (tertiary/aromatic N) is 8. The van der Waals surface area contributed by atoms with E-state index >= 15 is 0 Å². The van der Waals surface area contributed by atoms with Crippen LogP contribution in [-0.4, -0.2) is 84.6 Å². The number of cyclic esters (lactones) is 1. The van der Waals surface area contributed by atoms with Gasteiger partial charge in [-0.05, 0) is 49.7 Å². The summed E-state index contributed by atoms with van der Waals surface area (Å²) >= 11 is 0. The van der Waals surface area contributed by atoms with Crippen LogP contribution in [0.15, 0.2) is 24.3 Å². The fourth-order valence-electron chi connectivity index (χ4n) is 4.66. The van der Waals surface area contributed by atoms with Gasteiger partial charge in [-0.25, -0.2) is 9.78 Å². The highest BCUT2D eigenvalue weighted by Gasteiger charge is 2.49. The fourth-order valence-corrected chi connectivity index (χ4v) is 4.66. The lowest BCUT2D eigenvalue weighted by Crippen LogP contribution is -2.45. The summed E-state index contributed by atoms with van der Waals surface area (Å²) in [6.45, 7) is 5.45. The first-order chi connectivity index (χ1) is 15.0. The number of aromatic nitrogens is 6. The quantitative estimate of drug-likeness (QED) is 0.614. The van der Waals surface area contributed by atoms with Crippen molar-refractivity contribution in [2.75, 3.05) is 32.8 Å². The normalized spacial score (nSPS) is 21.1. The summed E-state index contributed by atoms with van der Waals surface area (Å²) in [6, 6.07) is 0. The number of carbonyl (C=O) groups excluding carboxylic acids is 2. The molecule has 0 bridgehead atoms. The molecule has 2 saturated heterocycles. The van der Waals surface area contributed by atoms with Crippen LogP contribution in [0.1, 0.15) is 30.7 Å². The third kappa shape index (κ3) is 3.69. The SMILES string of the molecule is Cc1nc(-n2cnnn2)cnc1CCN1CCC2(CC1)CCN(C1=CC(=O)OC1)C2=O. The third-order valence-electron chi connectivity index (χ3n) is 6.60. The number of likely N-dealkylation sites (tertiary alicyclic amines) is 2. The van der Waals surface area contributed by atoms with Gasteiger partial charge in [0.1, 0.15) is 12.9 Å². The summed E-state index contributed by atoms with van der Waals surface area (Å²) in [5, 5.41) is 11.1. The van der Waals surface area contributed by atoms with E-state index in [4.69, 9.17) is 4.74 Å². The maximum absolute atomic E-state index is 13.1. The van der Waals surface area contributed by atoms with E-state index in [-0.39, 0.29) is 23.9 Å². The number of hydrogen-bond donors (Lipinski definition) is 0. The molecule has 0 saturated carbocycles. The standard InChI is InChI=1S/C20H24N8O3/c1-14-16(21-11-17(23-14)28-13-22-24-25-28)2-6-26-7-3-20(4-8-26)5-9-27(19(20)30)15-10-18(29)31-12-15/h10-11,13H,2-9,12H2,1H3. The van der Waals surface area contributed by atoms with Gasteiger partial charge in [0.15, 0.2) is 5.82 Å². The van der Waals surface area contributed by atoms with E-state index in [9.17, 15) is 9.59 Å². The van der Waals surface area contributed by atoms with Crippen molar-refractivity contribution in [1.82, 2.24) is 40.0 Å². The van der Waals surface area contributed by atoms with Crippen LogP contribution in [0.5, 0.6) is 0 Å². The predicted octanol–water partition coefficient (Wildman–Crippen LogP) is 0.0584. The molecule has 0 aliphatic carbocycles. The minimum absolute atomic E-state index is 0.150. The topological polar surface area (TPSA) is 119 Å². The van der Waals surface area contributed by atoms with Crippen LogP contribution in [0.4, 0.5) is 0 Å². The Hall–Kier alpha value is -3.21. The Morgan fingerprint density at radius 1 is 1.16 bits per heavy atom. The first-order valence-corrected chi connectivity index (χ1v) is 10.5. The van der Waals surface area contributed by atoms with E-state index in [1.807, 2.05) is 6.92 Å². The molecule has 3 aliphatic heterocycles. The summed E-state index contributed by atoms with van der Waals surface area (Å²) in [6.07, 6.45) is 7.94. The third-order valence-corrected chi connectivity index (χ3v) is 6.60. The minimum atomic E-state index is -0.358. The predicted molar refractivity (Wildman–Crippen MR) is 107 cm³/mol. The molecule has 1 spiro atoms. The summed E-state index contributed by atoms with van der Waals surface area (Å²) in [7, 11) is 0. The van der Waals surface area contributed by atoms with Gasteiger partial charge in [-0.1, -0.05) is 0 Å². The number of aryl methyl sites for hydroxylation is 1. The zero-order chi connectivity index (χ0) is 21.4. The van der Waals surface area contributed by atoms with E-state index < -0.39 is 0 Å². The number of piperidine rings is 1. The van der Waals surface area contributed by atoms with Gasteiger partial charge in [-0.15, -0.1) is 5.10 Å². The largest absolute Gasteiger partial charge is 0.456 e. The Morgan fingerprint density at radius 3 is 2.65 bits per heavy atom. The molecule has 0 unspecified atom stereocenters.